The summed E-state index contributed by atoms with van der Waals surface area (Å²) in [7, 11) is 2.06. The summed E-state index contributed by atoms with van der Waals surface area (Å²) in [4.78, 5) is 31.3. The van der Waals surface area contributed by atoms with Crippen molar-refractivity contribution in [2.24, 2.45) is 0 Å². The van der Waals surface area contributed by atoms with Gasteiger partial charge in [0, 0.05) is 31.7 Å². The fourth-order valence-electron chi connectivity index (χ4n) is 3.58. The molecule has 2 aromatic rings. The molecule has 0 saturated carbocycles. The predicted octanol–water partition coefficient (Wildman–Crippen LogP) is 2.31. The van der Waals surface area contributed by atoms with E-state index < -0.39 is 0 Å². The van der Waals surface area contributed by atoms with E-state index >= 15 is 0 Å². The van der Waals surface area contributed by atoms with E-state index in [1.165, 1.54) is 5.56 Å². The van der Waals surface area contributed by atoms with Crippen molar-refractivity contribution in [3.05, 3.63) is 59.2 Å². The molecule has 2 aliphatic heterocycles. The smallest absolute Gasteiger partial charge is 0.265 e. The number of benzene rings is 2. The van der Waals surface area contributed by atoms with E-state index in [1.807, 2.05) is 36.1 Å². The van der Waals surface area contributed by atoms with Crippen molar-refractivity contribution >= 4 is 17.5 Å². The van der Waals surface area contributed by atoms with E-state index in [0.29, 0.717) is 23.5 Å². The molecule has 2 amide bonds. The minimum absolute atomic E-state index is 0.00390. The zero-order valence-electron chi connectivity index (χ0n) is 16.4. The Morgan fingerprint density at radius 3 is 2.46 bits per heavy atom. The molecule has 1 saturated heterocycles. The molecule has 4 rings (SSSR count). The van der Waals surface area contributed by atoms with Crippen molar-refractivity contribution < 1.29 is 14.3 Å². The van der Waals surface area contributed by atoms with Gasteiger partial charge < -0.3 is 19.4 Å². The molecule has 0 aliphatic carbocycles. The van der Waals surface area contributed by atoms with Crippen LogP contribution in [0.15, 0.2) is 42.5 Å². The number of fused-ring (bicyclic) bond motifs is 1. The second-order valence-corrected chi connectivity index (χ2v) is 7.53. The maximum atomic E-state index is 12.9. The highest BCUT2D eigenvalue weighted by atomic mass is 16.5. The van der Waals surface area contributed by atoms with E-state index in [-0.39, 0.29) is 18.4 Å². The van der Waals surface area contributed by atoms with E-state index in [2.05, 4.69) is 11.9 Å². The highest BCUT2D eigenvalue weighted by Crippen LogP contribution is 2.34. The third kappa shape index (κ3) is 3.73. The van der Waals surface area contributed by atoms with Crippen LogP contribution in [0.3, 0.4) is 0 Å². The Bertz CT molecular complexity index is 886. The van der Waals surface area contributed by atoms with E-state index in [1.54, 1.807) is 23.1 Å². The largest absolute Gasteiger partial charge is 0.482 e. The van der Waals surface area contributed by atoms with Crippen molar-refractivity contribution in [1.29, 1.82) is 0 Å². The first-order chi connectivity index (χ1) is 13.5. The van der Waals surface area contributed by atoms with Gasteiger partial charge in [0.2, 0.25) is 0 Å². The SMILES string of the molecule is Cc1ccc(CN2C(=O)COc3ccc(C(=O)N4CCN(C)CC4)cc32)cc1. The number of amides is 2. The van der Waals surface area contributed by atoms with Crippen LogP contribution in [0.4, 0.5) is 5.69 Å². The Labute approximate surface area is 165 Å². The summed E-state index contributed by atoms with van der Waals surface area (Å²) in [6, 6.07) is 13.5. The number of carbonyl (C=O) groups excluding carboxylic acids is 2. The lowest BCUT2D eigenvalue weighted by Crippen LogP contribution is -2.47. The van der Waals surface area contributed by atoms with Gasteiger partial charge in [0.15, 0.2) is 6.61 Å². The van der Waals surface area contributed by atoms with Crippen LogP contribution in [-0.4, -0.2) is 61.4 Å². The fourth-order valence-corrected chi connectivity index (χ4v) is 3.58. The third-order valence-corrected chi connectivity index (χ3v) is 5.40. The second kappa shape index (κ2) is 7.64. The number of carbonyl (C=O) groups is 2. The van der Waals surface area contributed by atoms with Crippen molar-refractivity contribution in [2.75, 3.05) is 44.7 Å². The van der Waals surface area contributed by atoms with Gasteiger partial charge in [-0.15, -0.1) is 0 Å². The molecule has 2 heterocycles. The summed E-state index contributed by atoms with van der Waals surface area (Å²) in [5.74, 6) is 0.545. The van der Waals surface area contributed by atoms with Crippen LogP contribution in [0.25, 0.3) is 0 Å². The third-order valence-electron chi connectivity index (χ3n) is 5.40. The van der Waals surface area contributed by atoms with Gasteiger partial charge in [-0.25, -0.2) is 0 Å². The average molecular weight is 379 g/mol. The van der Waals surface area contributed by atoms with Gasteiger partial charge in [-0.1, -0.05) is 29.8 Å². The molecule has 6 heteroatoms. The second-order valence-electron chi connectivity index (χ2n) is 7.53. The number of nitrogens with zero attached hydrogens (tertiary/aromatic N) is 3. The fraction of sp³-hybridized carbons (Fsp3) is 0.364. The lowest BCUT2D eigenvalue weighted by atomic mass is 10.1. The van der Waals surface area contributed by atoms with E-state index in [0.717, 1.165) is 31.7 Å². The maximum Gasteiger partial charge on any atom is 0.265 e. The first-order valence-corrected chi connectivity index (χ1v) is 9.62. The average Bonchev–Trinajstić information content (AvgIpc) is 2.71. The molecule has 0 bridgehead atoms. The Hall–Kier alpha value is -2.86. The van der Waals surface area contributed by atoms with Crippen LogP contribution in [0, 0.1) is 6.92 Å². The first kappa shape index (κ1) is 18.5. The Balaban J connectivity index is 1.60. The standard InChI is InChI=1S/C22H25N3O3/c1-16-3-5-17(6-4-16)14-25-19-13-18(7-8-20(19)28-15-21(25)26)22(27)24-11-9-23(2)10-12-24/h3-8,13H,9-12,14-15H2,1-2H3. The molecule has 0 atom stereocenters. The molecule has 0 spiro atoms. The number of piperazine rings is 1. The zero-order valence-corrected chi connectivity index (χ0v) is 16.4. The number of ether oxygens (including phenoxy) is 1. The van der Waals surface area contributed by atoms with Crippen molar-refractivity contribution in [3.63, 3.8) is 0 Å². The molecule has 1 fully saturated rings. The van der Waals surface area contributed by atoms with Gasteiger partial charge in [0.1, 0.15) is 5.75 Å². The Kier molecular flexibility index (Phi) is 5.05. The number of anilines is 1. The van der Waals surface area contributed by atoms with Crippen molar-refractivity contribution in [3.8, 4) is 5.75 Å². The maximum absolute atomic E-state index is 12.9. The molecule has 146 valence electrons. The van der Waals surface area contributed by atoms with Gasteiger partial charge in [0.05, 0.1) is 12.2 Å². The van der Waals surface area contributed by atoms with Crippen LogP contribution < -0.4 is 9.64 Å². The molecule has 2 aliphatic rings. The van der Waals surface area contributed by atoms with Crippen LogP contribution in [0.1, 0.15) is 21.5 Å². The highest BCUT2D eigenvalue weighted by Gasteiger charge is 2.28. The summed E-state index contributed by atoms with van der Waals surface area (Å²) in [6.45, 7) is 5.70. The summed E-state index contributed by atoms with van der Waals surface area (Å²) in [5.41, 5.74) is 3.48. The molecule has 6 nitrogen and oxygen atoms in total. The number of likely N-dealkylation sites (N-methyl/N-ethyl adjacent to an activating group) is 1. The molecular formula is C22H25N3O3. The Morgan fingerprint density at radius 1 is 1.04 bits per heavy atom. The van der Waals surface area contributed by atoms with Crippen molar-refractivity contribution in [2.45, 2.75) is 13.5 Å². The van der Waals surface area contributed by atoms with E-state index in [4.69, 9.17) is 4.74 Å². The first-order valence-electron chi connectivity index (χ1n) is 9.62. The number of aryl methyl sites for hydroxylation is 1. The summed E-state index contributed by atoms with van der Waals surface area (Å²) in [6.07, 6.45) is 0. The molecule has 0 aromatic heterocycles. The topological polar surface area (TPSA) is 53.1 Å². The monoisotopic (exact) mass is 379 g/mol. The van der Waals surface area contributed by atoms with E-state index in [9.17, 15) is 9.59 Å². The van der Waals surface area contributed by atoms with Gasteiger partial charge >= 0.3 is 0 Å². The van der Waals surface area contributed by atoms with Crippen LogP contribution in [-0.2, 0) is 11.3 Å². The van der Waals surface area contributed by atoms with Crippen LogP contribution in [0.2, 0.25) is 0 Å². The van der Waals surface area contributed by atoms with Crippen LogP contribution >= 0.6 is 0 Å². The normalized spacial score (nSPS) is 17.3. The molecule has 0 N–H and O–H groups in total. The van der Waals surface area contributed by atoms with Gasteiger partial charge in [-0.05, 0) is 37.7 Å². The predicted molar refractivity (Wildman–Crippen MR) is 108 cm³/mol. The molecule has 0 unspecified atom stereocenters. The minimum atomic E-state index is -0.0997. The lowest BCUT2D eigenvalue weighted by molar-refractivity contribution is -0.121. The minimum Gasteiger partial charge on any atom is -0.482 e. The zero-order chi connectivity index (χ0) is 19.7. The van der Waals surface area contributed by atoms with Gasteiger partial charge in [-0.3, -0.25) is 9.59 Å². The summed E-state index contributed by atoms with van der Waals surface area (Å²) in [5, 5.41) is 0. The summed E-state index contributed by atoms with van der Waals surface area (Å²) >= 11 is 0. The molecular weight excluding hydrogens is 354 g/mol. The number of hydrogen-bond donors (Lipinski definition) is 0. The summed E-state index contributed by atoms with van der Waals surface area (Å²) < 4.78 is 5.59. The lowest BCUT2D eigenvalue weighted by Gasteiger charge is -2.33. The van der Waals surface area contributed by atoms with Crippen molar-refractivity contribution in [1.82, 2.24) is 9.80 Å². The molecule has 0 radical (unpaired) electrons. The van der Waals surface area contributed by atoms with Crippen LogP contribution in [0.5, 0.6) is 5.75 Å². The number of hydrogen-bond acceptors (Lipinski definition) is 4. The quantitative estimate of drug-likeness (QED) is 0.821. The Morgan fingerprint density at radius 2 is 1.75 bits per heavy atom. The van der Waals surface area contributed by atoms with Gasteiger partial charge in [-0.2, -0.15) is 0 Å². The molecule has 2 aromatic carbocycles. The highest BCUT2D eigenvalue weighted by molar-refractivity contribution is 6.01. The molecule has 28 heavy (non-hydrogen) atoms. The number of rotatable bonds is 3. The van der Waals surface area contributed by atoms with Gasteiger partial charge in [0.25, 0.3) is 11.8 Å².